The summed E-state index contributed by atoms with van der Waals surface area (Å²) in [6.07, 6.45) is 0. The van der Waals surface area contributed by atoms with Crippen molar-refractivity contribution in [2.75, 3.05) is 7.11 Å². The molecule has 0 aromatic heterocycles. The molecule has 5 heteroatoms. The minimum atomic E-state index is -2.87. The third-order valence-electron chi connectivity index (χ3n) is 1.81. The van der Waals surface area contributed by atoms with Gasteiger partial charge in [0.15, 0.2) is 0 Å². The molecule has 0 atom stereocenters. The Morgan fingerprint density at radius 3 is 2.53 bits per heavy atom. The average Bonchev–Trinajstić information content (AvgIpc) is 2.19. The molecule has 0 aliphatic carbocycles. The Hall–Kier alpha value is -1.65. The summed E-state index contributed by atoms with van der Waals surface area (Å²) in [6.45, 7) is -1.29. The van der Waals surface area contributed by atoms with E-state index in [0.717, 1.165) is 0 Å². The van der Waals surface area contributed by atoms with Crippen LogP contribution in [0.15, 0.2) is 18.2 Å². The number of benzene rings is 1. The normalized spacial score (nSPS) is 10.2. The van der Waals surface area contributed by atoms with Crippen LogP contribution in [-0.2, 0) is 4.74 Å². The summed E-state index contributed by atoms with van der Waals surface area (Å²) < 4.78 is 32.5. The van der Waals surface area contributed by atoms with Gasteiger partial charge in [0.2, 0.25) is 0 Å². The van der Waals surface area contributed by atoms with Gasteiger partial charge in [-0.2, -0.15) is 8.78 Å². The summed E-state index contributed by atoms with van der Waals surface area (Å²) >= 11 is 0. The van der Waals surface area contributed by atoms with E-state index >= 15 is 0 Å². The Morgan fingerprint density at radius 2 is 2.07 bits per heavy atom. The average molecular weight is 216 g/mol. The van der Waals surface area contributed by atoms with Crippen molar-refractivity contribution in [3.05, 3.63) is 29.3 Å². The highest BCUT2D eigenvalue weighted by Crippen LogP contribution is 2.21. The summed E-state index contributed by atoms with van der Waals surface area (Å²) in [7, 11) is 1.25. The molecule has 0 saturated heterocycles. The minimum absolute atomic E-state index is 0.0534. The molecular weight excluding hydrogens is 206 g/mol. The van der Waals surface area contributed by atoms with Gasteiger partial charge < -0.3 is 9.47 Å². The van der Waals surface area contributed by atoms with Crippen molar-refractivity contribution in [2.45, 2.75) is 13.5 Å². The summed E-state index contributed by atoms with van der Waals surface area (Å²) in [5, 5.41) is 0. The molecule has 0 unspecified atom stereocenters. The van der Waals surface area contributed by atoms with Crippen LogP contribution in [0.5, 0.6) is 5.75 Å². The van der Waals surface area contributed by atoms with E-state index in [1.54, 1.807) is 6.92 Å². The van der Waals surface area contributed by atoms with E-state index in [1.807, 2.05) is 0 Å². The standard InChI is InChI=1S/C10H10F2O3/c1-6-5-7(9(13)14-2)3-4-8(6)15-10(11)12/h3-5,10H,1-2H3. The van der Waals surface area contributed by atoms with Gasteiger partial charge >= 0.3 is 12.6 Å². The van der Waals surface area contributed by atoms with Crippen LogP contribution in [0.25, 0.3) is 0 Å². The molecule has 0 bridgehead atoms. The maximum absolute atomic E-state index is 11.9. The zero-order valence-electron chi connectivity index (χ0n) is 8.29. The van der Waals surface area contributed by atoms with E-state index in [9.17, 15) is 13.6 Å². The number of aryl methyl sites for hydroxylation is 1. The second kappa shape index (κ2) is 4.72. The Kier molecular flexibility index (Phi) is 3.60. The number of carbonyl (C=O) groups excluding carboxylic acids is 1. The highest BCUT2D eigenvalue weighted by molar-refractivity contribution is 5.89. The molecule has 0 amide bonds. The molecule has 0 aliphatic heterocycles. The Morgan fingerprint density at radius 1 is 1.40 bits per heavy atom. The van der Waals surface area contributed by atoms with Crippen LogP contribution in [0.4, 0.5) is 8.78 Å². The van der Waals surface area contributed by atoms with Crippen LogP contribution in [0.1, 0.15) is 15.9 Å². The number of esters is 1. The van der Waals surface area contributed by atoms with Crippen molar-refractivity contribution in [1.29, 1.82) is 0 Å². The van der Waals surface area contributed by atoms with Crippen LogP contribution < -0.4 is 4.74 Å². The third-order valence-corrected chi connectivity index (χ3v) is 1.81. The monoisotopic (exact) mass is 216 g/mol. The van der Waals surface area contributed by atoms with E-state index in [0.29, 0.717) is 11.1 Å². The van der Waals surface area contributed by atoms with Crippen LogP contribution in [0, 0.1) is 6.92 Å². The maximum atomic E-state index is 11.9. The lowest BCUT2D eigenvalue weighted by molar-refractivity contribution is -0.0502. The van der Waals surface area contributed by atoms with Crippen molar-refractivity contribution in [3.8, 4) is 5.75 Å². The predicted molar refractivity (Wildman–Crippen MR) is 49.2 cm³/mol. The maximum Gasteiger partial charge on any atom is 0.387 e. The molecule has 1 aromatic rings. The molecule has 0 heterocycles. The van der Waals surface area contributed by atoms with Crippen molar-refractivity contribution < 1.29 is 23.0 Å². The summed E-state index contributed by atoms with van der Waals surface area (Å²) in [6, 6.07) is 4.12. The molecule has 0 saturated carbocycles. The molecule has 82 valence electrons. The molecule has 1 rings (SSSR count). The van der Waals surface area contributed by atoms with Crippen molar-refractivity contribution >= 4 is 5.97 Å². The Bertz CT molecular complexity index is 364. The van der Waals surface area contributed by atoms with Crippen molar-refractivity contribution in [2.24, 2.45) is 0 Å². The van der Waals surface area contributed by atoms with Crippen LogP contribution in [-0.4, -0.2) is 19.7 Å². The lowest BCUT2D eigenvalue weighted by Crippen LogP contribution is -2.05. The van der Waals surface area contributed by atoms with Gasteiger partial charge in [-0.25, -0.2) is 4.79 Å². The quantitative estimate of drug-likeness (QED) is 0.727. The summed E-state index contributed by atoms with van der Waals surface area (Å²) in [5.74, 6) is -0.459. The molecular formula is C10H10F2O3. The molecule has 0 fully saturated rings. The highest BCUT2D eigenvalue weighted by Gasteiger charge is 2.10. The summed E-state index contributed by atoms with van der Waals surface area (Å²) in [5.41, 5.74) is 0.759. The smallest absolute Gasteiger partial charge is 0.387 e. The van der Waals surface area contributed by atoms with Gasteiger partial charge in [0.1, 0.15) is 5.75 Å². The second-order valence-electron chi connectivity index (χ2n) is 2.85. The highest BCUT2D eigenvalue weighted by atomic mass is 19.3. The Balaban J connectivity index is 2.93. The number of hydrogen-bond acceptors (Lipinski definition) is 3. The Labute approximate surface area is 85.6 Å². The van der Waals surface area contributed by atoms with Gasteiger partial charge in [-0.15, -0.1) is 0 Å². The van der Waals surface area contributed by atoms with E-state index in [1.165, 1.54) is 25.3 Å². The van der Waals surface area contributed by atoms with E-state index in [-0.39, 0.29) is 5.75 Å². The number of hydrogen-bond donors (Lipinski definition) is 0. The second-order valence-corrected chi connectivity index (χ2v) is 2.85. The SMILES string of the molecule is COC(=O)c1ccc(OC(F)F)c(C)c1. The molecule has 15 heavy (non-hydrogen) atoms. The number of alkyl halides is 2. The number of halogens is 2. The zero-order chi connectivity index (χ0) is 11.4. The van der Waals surface area contributed by atoms with E-state index < -0.39 is 12.6 Å². The summed E-state index contributed by atoms with van der Waals surface area (Å²) in [4.78, 5) is 11.1. The van der Waals surface area contributed by atoms with E-state index in [4.69, 9.17) is 0 Å². The zero-order valence-corrected chi connectivity index (χ0v) is 8.29. The largest absolute Gasteiger partial charge is 0.465 e. The molecule has 0 spiro atoms. The lowest BCUT2D eigenvalue weighted by Gasteiger charge is -2.08. The molecule has 3 nitrogen and oxygen atoms in total. The van der Waals surface area contributed by atoms with Crippen molar-refractivity contribution in [3.63, 3.8) is 0 Å². The predicted octanol–water partition coefficient (Wildman–Crippen LogP) is 2.38. The first-order chi connectivity index (χ1) is 7.04. The minimum Gasteiger partial charge on any atom is -0.465 e. The van der Waals surface area contributed by atoms with Gasteiger partial charge in [-0.3, -0.25) is 0 Å². The topological polar surface area (TPSA) is 35.5 Å². The number of ether oxygens (including phenoxy) is 2. The van der Waals surface area contributed by atoms with Crippen molar-refractivity contribution in [1.82, 2.24) is 0 Å². The molecule has 1 aromatic carbocycles. The van der Waals surface area contributed by atoms with E-state index in [2.05, 4.69) is 9.47 Å². The van der Waals surface area contributed by atoms with Crippen LogP contribution >= 0.6 is 0 Å². The van der Waals surface area contributed by atoms with Gasteiger partial charge in [0.25, 0.3) is 0 Å². The fourth-order valence-corrected chi connectivity index (χ4v) is 1.12. The van der Waals surface area contributed by atoms with Crippen LogP contribution in [0.3, 0.4) is 0 Å². The first-order valence-corrected chi connectivity index (χ1v) is 4.18. The van der Waals surface area contributed by atoms with Gasteiger partial charge in [-0.1, -0.05) is 0 Å². The molecule has 0 aliphatic rings. The third kappa shape index (κ3) is 2.90. The number of methoxy groups -OCH3 is 1. The lowest BCUT2D eigenvalue weighted by atomic mass is 10.1. The molecule has 0 radical (unpaired) electrons. The first-order valence-electron chi connectivity index (χ1n) is 4.18. The fourth-order valence-electron chi connectivity index (χ4n) is 1.12. The first kappa shape index (κ1) is 11.4. The van der Waals surface area contributed by atoms with Gasteiger partial charge in [0, 0.05) is 0 Å². The van der Waals surface area contributed by atoms with Gasteiger partial charge in [-0.05, 0) is 30.7 Å². The fraction of sp³-hybridized carbons (Fsp3) is 0.300. The number of rotatable bonds is 3. The molecule has 0 N–H and O–H groups in total. The van der Waals surface area contributed by atoms with Crippen LogP contribution in [0.2, 0.25) is 0 Å². The van der Waals surface area contributed by atoms with Gasteiger partial charge in [0.05, 0.1) is 12.7 Å². The number of carbonyl (C=O) groups is 1.